The van der Waals surface area contributed by atoms with Gasteiger partial charge in [-0.25, -0.2) is 0 Å². The van der Waals surface area contributed by atoms with Crippen molar-refractivity contribution in [3.8, 4) is 5.75 Å². The lowest BCUT2D eigenvalue weighted by molar-refractivity contribution is 0.385. The van der Waals surface area contributed by atoms with Crippen molar-refractivity contribution in [1.82, 2.24) is 0 Å². The van der Waals surface area contributed by atoms with Gasteiger partial charge in [0.05, 0.1) is 0 Å². The molecule has 0 saturated heterocycles. The molecule has 1 atom stereocenters. The first kappa shape index (κ1) is 13.6. The molecule has 17 heavy (non-hydrogen) atoms. The fourth-order valence-corrected chi connectivity index (χ4v) is 1.51. The summed E-state index contributed by atoms with van der Waals surface area (Å²) in [6.07, 6.45) is 4.03. The molecule has 1 nitrogen and oxygen atoms in total. The summed E-state index contributed by atoms with van der Waals surface area (Å²) < 4.78 is 5.92. The van der Waals surface area contributed by atoms with Crippen LogP contribution in [0.15, 0.2) is 54.3 Å². The molecule has 0 N–H and O–H groups in total. The van der Waals surface area contributed by atoms with E-state index in [9.17, 15) is 0 Å². The van der Waals surface area contributed by atoms with Crippen molar-refractivity contribution in [2.75, 3.05) is 0 Å². The van der Waals surface area contributed by atoms with E-state index in [0.717, 1.165) is 24.4 Å². The van der Waals surface area contributed by atoms with E-state index in [-0.39, 0.29) is 0 Å². The van der Waals surface area contributed by atoms with E-state index in [1.807, 2.05) is 36.4 Å². The fourth-order valence-electron chi connectivity index (χ4n) is 1.51. The molecule has 1 unspecified atom stereocenters. The third-order valence-electron chi connectivity index (χ3n) is 2.77. The van der Waals surface area contributed by atoms with Gasteiger partial charge < -0.3 is 4.74 Å². The van der Waals surface area contributed by atoms with Crippen LogP contribution in [-0.2, 0) is 0 Å². The summed E-state index contributed by atoms with van der Waals surface area (Å²) in [7, 11) is 0. The Kier molecular flexibility index (Phi) is 5.55. The van der Waals surface area contributed by atoms with Crippen LogP contribution in [0.25, 0.3) is 0 Å². The largest absolute Gasteiger partial charge is 0.462 e. The minimum atomic E-state index is 0.531. The number of para-hydroxylation sites is 1. The molecule has 92 valence electrons. The van der Waals surface area contributed by atoms with E-state index in [2.05, 4.69) is 27.4 Å². The van der Waals surface area contributed by atoms with Crippen LogP contribution in [0, 0.1) is 5.92 Å². The summed E-state index contributed by atoms with van der Waals surface area (Å²) in [5, 5.41) is 0. The topological polar surface area (TPSA) is 9.23 Å². The Morgan fingerprint density at radius 3 is 2.47 bits per heavy atom. The van der Waals surface area contributed by atoms with Gasteiger partial charge in [0.2, 0.25) is 0 Å². The molecule has 0 radical (unpaired) electrons. The van der Waals surface area contributed by atoms with Crippen LogP contribution >= 0.6 is 0 Å². The summed E-state index contributed by atoms with van der Waals surface area (Å²) in [5.41, 5.74) is 1.24. The highest BCUT2D eigenvalue weighted by atomic mass is 16.5. The molecule has 0 saturated carbocycles. The highest BCUT2D eigenvalue weighted by molar-refractivity contribution is 5.24. The molecule has 0 aromatic heterocycles. The van der Waals surface area contributed by atoms with Gasteiger partial charge in [0.15, 0.2) is 0 Å². The molecule has 0 aliphatic rings. The van der Waals surface area contributed by atoms with Gasteiger partial charge in [-0.1, -0.05) is 31.2 Å². The summed E-state index contributed by atoms with van der Waals surface area (Å²) in [4.78, 5) is 0. The first-order valence-electron chi connectivity index (χ1n) is 6.15. The molecule has 0 bridgehead atoms. The third kappa shape index (κ3) is 4.90. The van der Waals surface area contributed by atoms with Crippen LogP contribution in [0.3, 0.4) is 0 Å². The molecule has 0 fully saturated rings. The Morgan fingerprint density at radius 2 is 1.94 bits per heavy atom. The summed E-state index contributed by atoms with van der Waals surface area (Å²) in [6, 6.07) is 9.95. The first-order chi connectivity index (χ1) is 8.13. The van der Waals surface area contributed by atoms with Crippen LogP contribution in [0.2, 0.25) is 0 Å². The number of rotatable bonds is 6. The van der Waals surface area contributed by atoms with E-state index in [1.54, 1.807) is 0 Å². The zero-order valence-electron chi connectivity index (χ0n) is 11.1. The van der Waals surface area contributed by atoms with Crippen LogP contribution < -0.4 is 4.74 Å². The number of ether oxygens (including phenoxy) is 1. The van der Waals surface area contributed by atoms with Crippen LogP contribution in [0.5, 0.6) is 5.75 Å². The molecule has 1 aromatic carbocycles. The lowest BCUT2D eigenvalue weighted by Gasteiger charge is -2.13. The van der Waals surface area contributed by atoms with E-state index in [1.165, 1.54) is 5.57 Å². The summed E-state index contributed by atoms with van der Waals surface area (Å²) in [6.45, 7) is 10.2. The maximum Gasteiger partial charge on any atom is 0.126 e. The zero-order chi connectivity index (χ0) is 12.7. The van der Waals surface area contributed by atoms with Crippen LogP contribution in [0.1, 0.15) is 33.6 Å². The maximum atomic E-state index is 5.92. The Hall–Kier alpha value is -1.50. The molecular formula is C16H22O. The normalized spacial score (nSPS) is 11.7. The minimum Gasteiger partial charge on any atom is -0.462 e. The predicted molar refractivity (Wildman–Crippen MR) is 74.0 cm³/mol. The Morgan fingerprint density at radius 1 is 1.29 bits per heavy atom. The maximum absolute atomic E-state index is 5.92. The predicted octanol–water partition coefficient (Wildman–Crippen LogP) is 4.96. The van der Waals surface area contributed by atoms with E-state index >= 15 is 0 Å². The monoisotopic (exact) mass is 230 g/mol. The minimum absolute atomic E-state index is 0.531. The van der Waals surface area contributed by atoms with Gasteiger partial charge in [-0.15, -0.1) is 6.58 Å². The van der Waals surface area contributed by atoms with Crippen molar-refractivity contribution < 1.29 is 4.74 Å². The molecular weight excluding hydrogens is 208 g/mol. The number of allylic oxidation sites excluding steroid dienone is 3. The van der Waals surface area contributed by atoms with Crippen molar-refractivity contribution >= 4 is 0 Å². The van der Waals surface area contributed by atoms with Crippen LogP contribution in [-0.4, -0.2) is 0 Å². The van der Waals surface area contributed by atoms with Gasteiger partial charge >= 0.3 is 0 Å². The molecule has 0 amide bonds. The summed E-state index contributed by atoms with van der Waals surface area (Å²) >= 11 is 0. The van der Waals surface area contributed by atoms with E-state index < -0.39 is 0 Å². The van der Waals surface area contributed by atoms with Crippen molar-refractivity contribution in [2.24, 2.45) is 5.92 Å². The number of benzene rings is 1. The highest BCUT2D eigenvalue weighted by Gasteiger charge is 2.05. The van der Waals surface area contributed by atoms with Gasteiger partial charge in [-0.2, -0.15) is 0 Å². The molecule has 1 rings (SSSR count). The Balaban J connectivity index is 2.63. The standard InChI is InChI=1S/C16H22O/c1-5-14(4)11-12-16(13(2)3)17-15-9-7-6-8-10-15/h5-10,14H,1,11-12H2,2-4H3. The Bertz CT molecular complexity index is 372. The number of hydrogen-bond acceptors (Lipinski definition) is 1. The first-order valence-corrected chi connectivity index (χ1v) is 6.15. The molecule has 0 aliphatic heterocycles. The summed E-state index contributed by atoms with van der Waals surface area (Å²) in [5.74, 6) is 2.52. The smallest absolute Gasteiger partial charge is 0.126 e. The van der Waals surface area contributed by atoms with E-state index in [4.69, 9.17) is 4.74 Å². The van der Waals surface area contributed by atoms with Gasteiger partial charge in [0.1, 0.15) is 11.5 Å². The van der Waals surface area contributed by atoms with Gasteiger partial charge in [-0.05, 0) is 43.9 Å². The fraction of sp³-hybridized carbons (Fsp3) is 0.375. The second kappa shape index (κ2) is 6.95. The third-order valence-corrected chi connectivity index (χ3v) is 2.77. The van der Waals surface area contributed by atoms with Crippen molar-refractivity contribution in [2.45, 2.75) is 33.6 Å². The average molecular weight is 230 g/mol. The van der Waals surface area contributed by atoms with Crippen molar-refractivity contribution in [1.29, 1.82) is 0 Å². The van der Waals surface area contributed by atoms with Crippen LogP contribution in [0.4, 0.5) is 0 Å². The molecule has 0 aliphatic carbocycles. The second-order valence-electron chi connectivity index (χ2n) is 4.59. The lowest BCUT2D eigenvalue weighted by Crippen LogP contribution is -2.00. The zero-order valence-corrected chi connectivity index (χ0v) is 11.1. The molecule has 1 aromatic rings. The molecule has 1 heteroatoms. The van der Waals surface area contributed by atoms with Gasteiger partial charge in [0.25, 0.3) is 0 Å². The van der Waals surface area contributed by atoms with Gasteiger partial charge in [0, 0.05) is 6.42 Å². The SMILES string of the molecule is C=CC(C)CCC(Oc1ccccc1)=C(C)C. The molecule has 0 heterocycles. The van der Waals surface area contributed by atoms with Gasteiger partial charge in [-0.3, -0.25) is 0 Å². The lowest BCUT2D eigenvalue weighted by atomic mass is 10.0. The number of hydrogen-bond donors (Lipinski definition) is 0. The Labute approximate surface area is 105 Å². The quantitative estimate of drug-likeness (QED) is 0.495. The molecule has 0 spiro atoms. The average Bonchev–Trinajstić information content (AvgIpc) is 2.34. The van der Waals surface area contributed by atoms with E-state index in [0.29, 0.717) is 5.92 Å². The van der Waals surface area contributed by atoms with Crippen molar-refractivity contribution in [3.63, 3.8) is 0 Å². The van der Waals surface area contributed by atoms with Crippen molar-refractivity contribution in [3.05, 3.63) is 54.3 Å². The second-order valence-corrected chi connectivity index (χ2v) is 4.59. The highest BCUT2D eigenvalue weighted by Crippen LogP contribution is 2.21.